The molecule has 9 heteroatoms. The number of rotatable bonds is 4. The molecule has 1 aliphatic heterocycles. The average Bonchev–Trinajstić information content (AvgIpc) is 2.96. The molecular formula is C20H23F2N5O2. The van der Waals surface area contributed by atoms with Gasteiger partial charge in [0.1, 0.15) is 17.5 Å². The SMILES string of the molecule is CCC(=O)N1CCCN(c2ccc(NC(=O)Nc3ccc(F)cc3F)cn2)CC1. The fourth-order valence-corrected chi connectivity index (χ4v) is 3.14. The minimum Gasteiger partial charge on any atom is -0.355 e. The lowest BCUT2D eigenvalue weighted by atomic mass is 10.3. The number of halogens is 2. The Hall–Kier alpha value is -3.23. The molecule has 1 saturated heterocycles. The minimum atomic E-state index is -0.856. The Labute approximate surface area is 167 Å². The zero-order chi connectivity index (χ0) is 20.8. The topological polar surface area (TPSA) is 77.6 Å². The third kappa shape index (κ3) is 5.40. The lowest BCUT2D eigenvalue weighted by molar-refractivity contribution is -0.130. The van der Waals surface area contributed by atoms with Crippen LogP contribution in [0.15, 0.2) is 36.5 Å². The van der Waals surface area contributed by atoms with Crippen molar-refractivity contribution in [1.29, 1.82) is 0 Å². The van der Waals surface area contributed by atoms with Crippen molar-refractivity contribution in [3.8, 4) is 0 Å². The molecule has 1 aromatic carbocycles. The molecule has 0 spiro atoms. The monoisotopic (exact) mass is 403 g/mol. The number of urea groups is 1. The first-order chi connectivity index (χ1) is 14.0. The number of benzene rings is 1. The van der Waals surface area contributed by atoms with Crippen molar-refractivity contribution in [2.45, 2.75) is 19.8 Å². The Bertz CT molecular complexity index is 876. The molecule has 154 valence electrons. The van der Waals surface area contributed by atoms with Gasteiger partial charge in [0.25, 0.3) is 0 Å². The highest BCUT2D eigenvalue weighted by molar-refractivity contribution is 5.99. The van der Waals surface area contributed by atoms with Crippen molar-refractivity contribution < 1.29 is 18.4 Å². The average molecular weight is 403 g/mol. The van der Waals surface area contributed by atoms with Crippen molar-refractivity contribution in [3.05, 3.63) is 48.2 Å². The summed E-state index contributed by atoms with van der Waals surface area (Å²) in [5, 5.41) is 4.89. The van der Waals surface area contributed by atoms with Crippen LogP contribution in [0.4, 0.5) is 30.8 Å². The highest BCUT2D eigenvalue weighted by atomic mass is 19.1. The number of carbonyl (C=O) groups excluding carboxylic acids is 2. The van der Waals surface area contributed by atoms with Crippen molar-refractivity contribution in [2.24, 2.45) is 0 Å². The standard InChI is InChI=1S/C20H23F2N5O2/c1-2-19(28)27-9-3-8-26(10-11-27)18-7-5-15(13-23-18)24-20(29)25-17-6-4-14(21)12-16(17)22/h4-7,12-13H,2-3,8-11H2,1H3,(H2,24,25,29). The fourth-order valence-electron chi connectivity index (χ4n) is 3.14. The maximum atomic E-state index is 13.6. The van der Waals surface area contributed by atoms with Crippen LogP contribution in [0.2, 0.25) is 0 Å². The molecule has 1 aliphatic rings. The van der Waals surface area contributed by atoms with Gasteiger partial charge < -0.3 is 20.4 Å². The summed E-state index contributed by atoms with van der Waals surface area (Å²) in [6, 6.07) is 5.73. The van der Waals surface area contributed by atoms with E-state index in [1.807, 2.05) is 11.8 Å². The van der Waals surface area contributed by atoms with Gasteiger partial charge in [0.05, 0.1) is 17.6 Å². The Morgan fingerprint density at radius 1 is 1.07 bits per heavy atom. The van der Waals surface area contributed by atoms with Crippen LogP contribution in [0.25, 0.3) is 0 Å². The van der Waals surface area contributed by atoms with E-state index in [-0.39, 0.29) is 11.6 Å². The summed E-state index contributed by atoms with van der Waals surface area (Å²) in [5.74, 6) is -0.663. The number of carbonyl (C=O) groups is 2. The number of hydrogen-bond donors (Lipinski definition) is 2. The summed E-state index contributed by atoms with van der Waals surface area (Å²) in [6.45, 7) is 4.73. The molecule has 0 unspecified atom stereocenters. The molecule has 0 saturated carbocycles. The van der Waals surface area contributed by atoms with Crippen LogP contribution in [0.1, 0.15) is 19.8 Å². The molecule has 2 heterocycles. The number of anilines is 3. The van der Waals surface area contributed by atoms with Crippen LogP contribution >= 0.6 is 0 Å². The van der Waals surface area contributed by atoms with E-state index in [1.165, 1.54) is 6.20 Å². The van der Waals surface area contributed by atoms with Crippen LogP contribution in [0.3, 0.4) is 0 Å². The van der Waals surface area contributed by atoms with E-state index in [0.29, 0.717) is 31.3 Å². The smallest absolute Gasteiger partial charge is 0.323 e. The molecule has 29 heavy (non-hydrogen) atoms. The first-order valence-corrected chi connectivity index (χ1v) is 9.48. The number of nitrogens with one attached hydrogen (secondary N) is 2. The van der Waals surface area contributed by atoms with E-state index in [9.17, 15) is 18.4 Å². The normalized spacial score (nSPS) is 14.3. The molecule has 0 aliphatic carbocycles. The van der Waals surface area contributed by atoms with Gasteiger partial charge in [-0.2, -0.15) is 0 Å². The van der Waals surface area contributed by atoms with Crippen LogP contribution in [0.5, 0.6) is 0 Å². The molecule has 3 amide bonds. The van der Waals surface area contributed by atoms with E-state index in [0.717, 1.165) is 37.5 Å². The summed E-state index contributed by atoms with van der Waals surface area (Å²) in [7, 11) is 0. The number of pyridine rings is 1. The zero-order valence-corrected chi connectivity index (χ0v) is 16.1. The maximum absolute atomic E-state index is 13.6. The summed E-state index contributed by atoms with van der Waals surface area (Å²) in [6.07, 6.45) is 2.87. The molecule has 7 nitrogen and oxygen atoms in total. The van der Waals surface area contributed by atoms with Crippen molar-refractivity contribution in [2.75, 3.05) is 41.7 Å². The molecule has 0 bridgehead atoms. The van der Waals surface area contributed by atoms with Gasteiger partial charge in [0.2, 0.25) is 5.91 Å². The molecule has 0 radical (unpaired) electrons. The molecule has 3 rings (SSSR count). The lowest BCUT2D eigenvalue weighted by Crippen LogP contribution is -2.34. The Morgan fingerprint density at radius 2 is 1.90 bits per heavy atom. The Morgan fingerprint density at radius 3 is 2.59 bits per heavy atom. The summed E-state index contributed by atoms with van der Waals surface area (Å²) in [5.41, 5.74) is 0.315. The second-order valence-electron chi connectivity index (χ2n) is 6.68. The predicted molar refractivity (Wildman–Crippen MR) is 107 cm³/mol. The highest BCUT2D eigenvalue weighted by Gasteiger charge is 2.18. The second-order valence-corrected chi connectivity index (χ2v) is 6.68. The van der Waals surface area contributed by atoms with E-state index in [4.69, 9.17) is 0 Å². The van der Waals surface area contributed by atoms with E-state index in [1.54, 1.807) is 12.1 Å². The largest absolute Gasteiger partial charge is 0.355 e. The number of aromatic nitrogens is 1. The Kier molecular flexibility index (Phi) is 6.58. The van der Waals surface area contributed by atoms with Crippen LogP contribution in [-0.2, 0) is 4.79 Å². The number of amides is 3. The summed E-state index contributed by atoms with van der Waals surface area (Å²) < 4.78 is 26.5. The number of nitrogens with zero attached hydrogens (tertiary/aromatic N) is 3. The molecule has 1 aromatic heterocycles. The van der Waals surface area contributed by atoms with Gasteiger partial charge in [0, 0.05) is 38.7 Å². The van der Waals surface area contributed by atoms with Crippen LogP contribution in [0, 0.1) is 11.6 Å². The van der Waals surface area contributed by atoms with Gasteiger partial charge >= 0.3 is 6.03 Å². The summed E-state index contributed by atoms with van der Waals surface area (Å²) >= 11 is 0. The minimum absolute atomic E-state index is 0.121. The van der Waals surface area contributed by atoms with Crippen LogP contribution < -0.4 is 15.5 Å². The van der Waals surface area contributed by atoms with Crippen molar-refractivity contribution >= 4 is 29.1 Å². The molecule has 2 aromatic rings. The predicted octanol–water partition coefficient (Wildman–Crippen LogP) is 3.45. The van der Waals surface area contributed by atoms with Gasteiger partial charge in [-0.1, -0.05) is 6.92 Å². The maximum Gasteiger partial charge on any atom is 0.323 e. The van der Waals surface area contributed by atoms with E-state index in [2.05, 4.69) is 20.5 Å². The zero-order valence-electron chi connectivity index (χ0n) is 16.1. The van der Waals surface area contributed by atoms with Gasteiger partial charge in [-0.25, -0.2) is 18.6 Å². The van der Waals surface area contributed by atoms with Crippen LogP contribution in [-0.4, -0.2) is 48.0 Å². The molecular weight excluding hydrogens is 380 g/mol. The van der Waals surface area contributed by atoms with E-state index < -0.39 is 17.7 Å². The number of hydrogen-bond acceptors (Lipinski definition) is 4. The highest BCUT2D eigenvalue weighted by Crippen LogP contribution is 2.18. The van der Waals surface area contributed by atoms with Gasteiger partial charge in [0.15, 0.2) is 0 Å². The van der Waals surface area contributed by atoms with Crippen molar-refractivity contribution in [1.82, 2.24) is 9.88 Å². The first kappa shape index (κ1) is 20.5. The Balaban J connectivity index is 1.57. The van der Waals surface area contributed by atoms with Gasteiger partial charge in [-0.05, 0) is 30.7 Å². The molecule has 0 atom stereocenters. The quantitative estimate of drug-likeness (QED) is 0.820. The molecule has 2 N–H and O–H groups in total. The first-order valence-electron chi connectivity index (χ1n) is 9.48. The van der Waals surface area contributed by atoms with E-state index >= 15 is 0 Å². The third-order valence-corrected chi connectivity index (χ3v) is 4.66. The van der Waals surface area contributed by atoms with Gasteiger partial charge in [-0.15, -0.1) is 0 Å². The van der Waals surface area contributed by atoms with Gasteiger partial charge in [-0.3, -0.25) is 4.79 Å². The lowest BCUT2D eigenvalue weighted by Gasteiger charge is -2.22. The summed E-state index contributed by atoms with van der Waals surface area (Å²) in [4.78, 5) is 32.3. The van der Waals surface area contributed by atoms with Crippen molar-refractivity contribution in [3.63, 3.8) is 0 Å². The molecule has 1 fully saturated rings. The third-order valence-electron chi connectivity index (χ3n) is 4.66. The second kappa shape index (κ2) is 9.31. The fraction of sp³-hybridized carbons (Fsp3) is 0.350.